The lowest BCUT2D eigenvalue weighted by Crippen LogP contribution is -2.35. The number of para-hydroxylation sites is 1. The largest absolute Gasteiger partial charge is 0.496 e. The molecule has 1 aromatic carbocycles. The first-order chi connectivity index (χ1) is 10.7. The first kappa shape index (κ1) is 16.8. The van der Waals surface area contributed by atoms with Crippen LogP contribution in [0.2, 0.25) is 0 Å². The molecule has 1 heterocycles. The summed E-state index contributed by atoms with van der Waals surface area (Å²) < 4.78 is 10.1. The van der Waals surface area contributed by atoms with Gasteiger partial charge in [0, 0.05) is 6.42 Å². The van der Waals surface area contributed by atoms with Crippen LogP contribution in [0.25, 0.3) is 0 Å². The third-order valence-electron chi connectivity index (χ3n) is 4.49. The zero-order valence-electron chi connectivity index (χ0n) is 13.7. The Labute approximate surface area is 133 Å². The number of nitrogens with zero attached hydrogens (tertiary/aromatic N) is 1. The fraction of sp³-hybridized carbons (Fsp3) is 0.611. The number of likely N-dealkylation sites (tertiary alicyclic amines) is 1. The van der Waals surface area contributed by atoms with Crippen molar-refractivity contribution in [2.24, 2.45) is 5.92 Å². The van der Waals surface area contributed by atoms with Crippen molar-refractivity contribution in [2.75, 3.05) is 33.9 Å². The Morgan fingerprint density at radius 2 is 1.95 bits per heavy atom. The van der Waals surface area contributed by atoms with Gasteiger partial charge in [0.2, 0.25) is 0 Å². The van der Waals surface area contributed by atoms with Crippen molar-refractivity contribution < 1.29 is 14.3 Å². The van der Waals surface area contributed by atoms with E-state index in [1.807, 2.05) is 12.1 Å². The van der Waals surface area contributed by atoms with Crippen molar-refractivity contribution in [1.29, 1.82) is 0 Å². The van der Waals surface area contributed by atoms with Crippen LogP contribution in [0.4, 0.5) is 0 Å². The fourth-order valence-electron chi connectivity index (χ4n) is 3.15. The van der Waals surface area contributed by atoms with Gasteiger partial charge in [-0.2, -0.15) is 0 Å². The molecule has 4 nitrogen and oxygen atoms in total. The van der Waals surface area contributed by atoms with Gasteiger partial charge >= 0.3 is 5.97 Å². The lowest BCUT2D eigenvalue weighted by Gasteiger charge is -2.32. The minimum Gasteiger partial charge on any atom is -0.496 e. The number of rotatable bonds is 7. The number of carbonyl (C=O) groups excluding carboxylic acids is 1. The van der Waals surface area contributed by atoms with Crippen LogP contribution in [-0.2, 0) is 16.0 Å². The standard InChI is InChI=1S/C18H27NO3/c1-21-17-7-4-3-6-16(17)14-15-9-12-19(13-10-15)11-5-8-18(20)22-2/h3-4,6-7,15H,5,8-14H2,1-2H3. The molecule has 1 fully saturated rings. The van der Waals surface area contributed by atoms with Gasteiger partial charge in [-0.15, -0.1) is 0 Å². The number of carbonyl (C=O) groups is 1. The Kier molecular flexibility index (Phi) is 6.72. The molecule has 4 heteroatoms. The van der Waals surface area contributed by atoms with E-state index >= 15 is 0 Å². The van der Waals surface area contributed by atoms with Crippen LogP contribution in [-0.4, -0.2) is 44.7 Å². The lowest BCUT2D eigenvalue weighted by molar-refractivity contribution is -0.140. The summed E-state index contributed by atoms with van der Waals surface area (Å²) in [6, 6.07) is 8.31. The second-order valence-electron chi connectivity index (χ2n) is 5.98. The van der Waals surface area contributed by atoms with Crippen LogP contribution in [0.3, 0.4) is 0 Å². The Bertz CT molecular complexity index is 467. The van der Waals surface area contributed by atoms with Crippen LogP contribution >= 0.6 is 0 Å². The summed E-state index contributed by atoms with van der Waals surface area (Å²) in [5.41, 5.74) is 1.31. The van der Waals surface area contributed by atoms with Crippen LogP contribution in [0.1, 0.15) is 31.2 Å². The minimum atomic E-state index is -0.106. The van der Waals surface area contributed by atoms with Crippen molar-refractivity contribution in [1.82, 2.24) is 4.90 Å². The molecule has 0 saturated carbocycles. The van der Waals surface area contributed by atoms with Crippen LogP contribution in [0, 0.1) is 5.92 Å². The summed E-state index contributed by atoms with van der Waals surface area (Å²) in [6.07, 6.45) is 4.95. The smallest absolute Gasteiger partial charge is 0.305 e. The van der Waals surface area contributed by atoms with E-state index in [1.54, 1.807) is 7.11 Å². The Morgan fingerprint density at radius 1 is 1.23 bits per heavy atom. The van der Waals surface area contributed by atoms with E-state index in [0.29, 0.717) is 6.42 Å². The number of esters is 1. The average molecular weight is 305 g/mol. The highest BCUT2D eigenvalue weighted by molar-refractivity contribution is 5.69. The van der Waals surface area contributed by atoms with Crippen LogP contribution in [0.15, 0.2) is 24.3 Å². The maximum Gasteiger partial charge on any atom is 0.305 e. The van der Waals surface area contributed by atoms with E-state index in [9.17, 15) is 4.79 Å². The number of benzene rings is 1. The normalized spacial score (nSPS) is 16.5. The van der Waals surface area contributed by atoms with E-state index in [2.05, 4.69) is 21.8 Å². The molecule has 1 aliphatic rings. The molecule has 0 aromatic heterocycles. The van der Waals surface area contributed by atoms with Crippen molar-refractivity contribution in [3.05, 3.63) is 29.8 Å². The predicted octanol–water partition coefficient (Wildman–Crippen LogP) is 2.90. The highest BCUT2D eigenvalue weighted by atomic mass is 16.5. The monoisotopic (exact) mass is 305 g/mol. The molecule has 0 amide bonds. The van der Waals surface area contributed by atoms with E-state index < -0.39 is 0 Å². The summed E-state index contributed by atoms with van der Waals surface area (Å²) in [7, 11) is 3.19. The van der Waals surface area contributed by atoms with Gasteiger partial charge in [-0.25, -0.2) is 0 Å². The van der Waals surface area contributed by atoms with Crippen molar-refractivity contribution in [3.63, 3.8) is 0 Å². The zero-order chi connectivity index (χ0) is 15.8. The first-order valence-corrected chi connectivity index (χ1v) is 8.14. The summed E-state index contributed by atoms with van der Waals surface area (Å²) in [6.45, 7) is 3.25. The van der Waals surface area contributed by atoms with Gasteiger partial charge in [0.15, 0.2) is 0 Å². The van der Waals surface area contributed by atoms with Gasteiger partial charge in [-0.1, -0.05) is 18.2 Å². The third-order valence-corrected chi connectivity index (χ3v) is 4.49. The predicted molar refractivity (Wildman–Crippen MR) is 87.1 cm³/mol. The van der Waals surface area contributed by atoms with Gasteiger partial charge in [-0.3, -0.25) is 4.79 Å². The fourth-order valence-corrected chi connectivity index (χ4v) is 3.15. The maximum absolute atomic E-state index is 11.1. The average Bonchev–Trinajstić information content (AvgIpc) is 2.56. The quantitative estimate of drug-likeness (QED) is 0.726. The van der Waals surface area contributed by atoms with Crippen LogP contribution < -0.4 is 4.74 Å². The second kappa shape index (κ2) is 8.79. The van der Waals surface area contributed by atoms with E-state index in [0.717, 1.165) is 44.1 Å². The van der Waals surface area contributed by atoms with Crippen LogP contribution in [0.5, 0.6) is 5.75 Å². The van der Waals surface area contributed by atoms with Gasteiger partial charge in [0.25, 0.3) is 0 Å². The van der Waals surface area contributed by atoms with E-state index in [1.165, 1.54) is 25.5 Å². The molecule has 0 radical (unpaired) electrons. The molecule has 1 aromatic rings. The van der Waals surface area contributed by atoms with Crippen molar-refractivity contribution in [2.45, 2.75) is 32.1 Å². The molecule has 122 valence electrons. The molecule has 0 N–H and O–H groups in total. The molecule has 1 saturated heterocycles. The van der Waals surface area contributed by atoms with Crippen molar-refractivity contribution in [3.8, 4) is 5.75 Å². The summed E-state index contributed by atoms with van der Waals surface area (Å²) in [5.74, 6) is 1.63. The van der Waals surface area contributed by atoms with E-state index in [-0.39, 0.29) is 5.97 Å². The highest BCUT2D eigenvalue weighted by Gasteiger charge is 2.20. The Morgan fingerprint density at radius 3 is 2.64 bits per heavy atom. The molecular weight excluding hydrogens is 278 g/mol. The molecule has 0 spiro atoms. The maximum atomic E-state index is 11.1. The van der Waals surface area contributed by atoms with Gasteiger partial charge in [-0.05, 0) is 62.9 Å². The minimum absolute atomic E-state index is 0.106. The first-order valence-electron chi connectivity index (χ1n) is 8.14. The summed E-state index contributed by atoms with van der Waals surface area (Å²) in [5, 5.41) is 0. The second-order valence-corrected chi connectivity index (χ2v) is 5.98. The van der Waals surface area contributed by atoms with E-state index in [4.69, 9.17) is 4.74 Å². The Hall–Kier alpha value is -1.55. The lowest BCUT2D eigenvalue weighted by atomic mass is 9.90. The number of piperidine rings is 1. The van der Waals surface area contributed by atoms with Gasteiger partial charge < -0.3 is 14.4 Å². The SMILES string of the molecule is COC(=O)CCCN1CCC(Cc2ccccc2OC)CC1. The number of hydrogen-bond acceptors (Lipinski definition) is 4. The topological polar surface area (TPSA) is 38.8 Å². The molecule has 2 rings (SSSR count). The number of hydrogen-bond donors (Lipinski definition) is 0. The number of ether oxygens (including phenoxy) is 2. The molecule has 22 heavy (non-hydrogen) atoms. The molecular formula is C18H27NO3. The molecule has 1 aliphatic heterocycles. The number of methoxy groups -OCH3 is 2. The zero-order valence-corrected chi connectivity index (χ0v) is 13.7. The molecule has 0 atom stereocenters. The Balaban J connectivity index is 1.72. The third kappa shape index (κ3) is 5.02. The highest BCUT2D eigenvalue weighted by Crippen LogP contribution is 2.26. The molecule has 0 aliphatic carbocycles. The summed E-state index contributed by atoms with van der Waals surface area (Å²) in [4.78, 5) is 13.6. The van der Waals surface area contributed by atoms with Gasteiger partial charge in [0.1, 0.15) is 5.75 Å². The van der Waals surface area contributed by atoms with Gasteiger partial charge in [0.05, 0.1) is 14.2 Å². The molecule has 0 bridgehead atoms. The van der Waals surface area contributed by atoms with Crippen molar-refractivity contribution >= 4 is 5.97 Å². The molecule has 0 unspecified atom stereocenters. The summed E-state index contributed by atoms with van der Waals surface area (Å²) >= 11 is 0.